The number of rotatable bonds is 5. The van der Waals surface area contributed by atoms with Crippen LogP contribution in [0.5, 0.6) is 0 Å². The van der Waals surface area contributed by atoms with Crippen LogP contribution in [0.15, 0.2) is 56.7 Å². The van der Waals surface area contributed by atoms with E-state index >= 15 is 0 Å². The van der Waals surface area contributed by atoms with Crippen molar-refractivity contribution in [1.82, 2.24) is 4.31 Å². The number of aliphatic hydroxyl groups is 2. The van der Waals surface area contributed by atoms with Crippen LogP contribution in [-0.4, -0.2) is 61.9 Å². The van der Waals surface area contributed by atoms with Crippen LogP contribution >= 0.6 is 27.5 Å². The van der Waals surface area contributed by atoms with Gasteiger partial charge in [0.25, 0.3) is 0 Å². The fourth-order valence-corrected chi connectivity index (χ4v) is 7.98. The van der Waals surface area contributed by atoms with Crippen molar-refractivity contribution in [3.05, 3.63) is 57.5 Å². The number of sulfone groups is 1. The Kier molecular flexibility index (Phi) is 6.33. The predicted molar refractivity (Wildman–Crippen MR) is 112 cm³/mol. The highest BCUT2D eigenvalue weighted by molar-refractivity contribution is 9.10. The van der Waals surface area contributed by atoms with Gasteiger partial charge in [-0.1, -0.05) is 11.6 Å². The van der Waals surface area contributed by atoms with E-state index in [1.54, 1.807) is 0 Å². The number of β-amino-alcohol motifs (C(OH)–C–C–N with tert-alkyl or cyclic N) is 1. The SMILES string of the molecule is N#Cc1ccc(S(=O)(=O)N2C[C@H](S(=O)(=O)c3ccc(Cl)cc3)[C@](O)(CO)C2)c(Br)c1. The molecule has 0 amide bonds. The standard InChI is InChI=1S/C18H16BrClN2O6S2/c19-15-7-12(8-21)1-6-16(15)30(27,28)22-9-17(18(24,10-22)11-23)29(25,26)14-4-2-13(20)3-5-14/h1-7,17,23-24H,9-11H2/t17-,18+/m0/s1. The molecule has 0 saturated carbocycles. The third-order valence-corrected chi connectivity index (χ3v) is 10.2. The van der Waals surface area contributed by atoms with Crippen LogP contribution < -0.4 is 0 Å². The summed E-state index contributed by atoms with van der Waals surface area (Å²) in [5.41, 5.74) is -1.97. The largest absolute Gasteiger partial charge is 0.393 e. The van der Waals surface area contributed by atoms with Crippen LogP contribution in [0.4, 0.5) is 0 Å². The Labute approximate surface area is 187 Å². The zero-order valence-corrected chi connectivity index (χ0v) is 19.2. The van der Waals surface area contributed by atoms with Crippen molar-refractivity contribution >= 4 is 47.4 Å². The summed E-state index contributed by atoms with van der Waals surface area (Å²) in [6, 6.07) is 11.0. The average molecular weight is 536 g/mol. The Bertz CT molecular complexity index is 1230. The summed E-state index contributed by atoms with van der Waals surface area (Å²) in [5, 5.41) is 28.2. The fourth-order valence-electron chi connectivity index (χ4n) is 3.26. The number of aliphatic hydroxyl groups excluding tert-OH is 1. The molecule has 2 aromatic rings. The molecular formula is C18H16BrClN2O6S2. The van der Waals surface area contributed by atoms with Crippen LogP contribution in [0, 0.1) is 11.3 Å². The minimum absolute atomic E-state index is 0.123. The van der Waals surface area contributed by atoms with Crippen LogP contribution in [0.3, 0.4) is 0 Å². The molecule has 1 saturated heterocycles. The highest BCUT2D eigenvalue weighted by atomic mass is 79.9. The first kappa shape index (κ1) is 23.1. The number of hydrogen-bond acceptors (Lipinski definition) is 7. The molecule has 2 aromatic carbocycles. The maximum Gasteiger partial charge on any atom is 0.244 e. The van der Waals surface area contributed by atoms with E-state index in [-0.39, 0.29) is 19.8 Å². The summed E-state index contributed by atoms with van der Waals surface area (Å²) in [7, 11) is -8.44. The molecule has 1 heterocycles. The number of hydrogen-bond donors (Lipinski definition) is 2. The van der Waals surface area contributed by atoms with Gasteiger partial charge in [-0.05, 0) is 58.4 Å². The van der Waals surface area contributed by atoms with Gasteiger partial charge in [0.05, 0.1) is 28.0 Å². The third kappa shape index (κ3) is 4.01. The number of benzene rings is 2. The van der Waals surface area contributed by atoms with Gasteiger partial charge in [-0.25, -0.2) is 16.8 Å². The second-order valence-corrected chi connectivity index (χ2v) is 12.1. The summed E-state index contributed by atoms with van der Waals surface area (Å²) < 4.78 is 53.4. The average Bonchev–Trinajstić information content (AvgIpc) is 3.08. The van der Waals surface area contributed by atoms with Crippen LogP contribution in [-0.2, 0) is 19.9 Å². The van der Waals surface area contributed by atoms with Crippen molar-refractivity contribution in [3.63, 3.8) is 0 Å². The fraction of sp³-hybridized carbons (Fsp3) is 0.278. The lowest BCUT2D eigenvalue weighted by atomic mass is 10.1. The van der Waals surface area contributed by atoms with Gasteiger partial charge in [0, 0.05) is 22.6 Å². The van der Waals surface area contributed by atoms with Crippen molar-refractivity contribution in [2.45, 2.75) is 20.6 Å². The molecular weight excluding hydrogens is 520 g/mol. The van der Waals surface area contributed by atoms with Gasteiger partial charge in [0.1, 0.15) is 10.9 Å². The minimum Gasteiger partial charge on any atom is -0.393 e. The summed E-state index contributed by atoms with van der Waals surface area (Å²) >= 11 is 8.91. The Morgan fingerprint density at radius 2 is 1.83 bits per heavy atom. The molecule has 8 nitrogen and oxygen atoms in total. The molecule has 1 fully saturated rings. The van der Waals surface area contributed by atoms with E-state index < -0.39 is 50.4 Å². The van der Waals surface area contributed by atoms with Crippen LogP contribution in [0.1, 0.15) is 5.56 Å². The summed E-state index contributed by atoms with van der Waals surface area (Å²) in [4.78, 5) is -0.339. The quantitative estimate of drug-likeness (QED) is 0.593. The molecule has 2 N–H and O–H groups in total. The van der Waals surface area contributed by atoms with E-state index in [0.29, 0.717) is 5.02 Å². The van der Waals surface area contributed by atoms with E-state index in [1.807, 2.05) is 6.07 Å². The van der Waals surface area contributed by atoms with Gasteiger partial charge in [0.2, 0.25) is 10.0 Å². The van der Waals surface area contributed by atoms with Crippen molar-refractivity contribution in [2.24, 2.45) is 0 Å². The van der Waals surface area contributed by atoms with Crippen molar-refractivity contribution < 1.29 is 27.0 Å². The lowest BCUT2D eigenvalue weighted by Crippen LogP contribution is -2.49. The van der Waals surface area contributed by atoms with E-state index in [2.05, 4.69) is 15.9 Å². The molecule has 0 unspecified atom stereocenters. The topological polar surface area (TPSA) is 136 Å². The molecule has 0 bridgehead atoms. The minimum atomic E-state index is -4.24. The Morgan fingerprint density at radius 1 is 1.20 bits per heavy atom. The molecule has 12 heteroatoms. The van der Waals surface area contributed by atoms with Gasteiger partial charge >= 0.3 is 0 Å². The molecule has 1 aliphatic heterocycles. The molecule has 0 spiro atoms. The zero-order chi connectivity index (χ0) is 22.3. The highest BCUT2D eigenvalue weighted by Crippen LogP contribution is 2.36. The van der Waals surface area contributed by atoms with Crippen LogP contribution in [0.2, 0.25) is 5.02 Å². The molecule has 1 aliphatic rings. The van der Waals surface area contributed by atoms with Gasteiger partial charge in [-0.15, -0.1) is 0 Å². The Balaban J connectivity index is 2.02. The van der Waals surface area contributed by atoms with Crippen LogP contribution in [0.25, 0.3) is 0 Å². The lowest BCUT2D eigenvalue weighted by Gasteiger charge is -2.26. The van der Waals surface area contributed by atoms with E-state index in [9.17, 15) is 27.0 Å². The van der Waals surface area contributed by atoms with E-state index in [0.717, 1.165) is 4.31 Å². The van der Waals surface area contributed by atoms with E-state index in [1.165, 1.54) is 42.5 Å². The Morgan fingerprint density at radius 3 is 2.37 bits per heavy atom. The normalized spacial score (nSPS) is 22.7. The number of halogens is 2. The van der Waals surface area contributed by atoms with Gasteiger partial charge < -0.3 is 10.2 Å². The Hall–Kier alpha value is -1.52. The summed E-state index contributed by atoms with van der Waals surface area (Å²) in [5.74, 6) is 0. The molecule has 0 aromatic heterocycles. The second-order valence-electron chi connectivity index (χ2n) is 6.80. The van der Waals surface area contributed by atoms with E-state index in [4.69, 9.17) is 16.9 Å². The summed E-state index contributed by atoms with van der Waals surface area (Å²) in [6.07, 6.45) is 0. The maximum atomic E-state index is 13.1. The first-order valence-electron chi connectivity index (χ1n) is 8.48. The first-order chi connectivity index (χ1) is 14.0. The lowest BCUT2D eigenvalue weighted by molar-refractivity contribution is 0.00160. The maximum absolute atomic E-state index is 13.1. The number of nitrogens with zero attached hydrogens (tertiary/aromatic N) is 2. The smallest absolute Gasteiger partial charge is 0.244 e. The predicted octanol–water partition coefficient (Wildman–Crippen LogP) is 1.54. The highest BCUT2D eigenvalue weighted by Gasteiger charge is 2.55. The van der Waals surface area contributed by atoms with Crippen molar-refractivity contribution in [3.8, 4) is 6.07 Å². The van der Waals surface area contributed by atoms with Gasteiger partial charge in [-0.3, -0.25) is 0 Å². The van der Waals surface area contributed by atoms with Crippen molar-refractivity contribution in [1.29, 1.82) is 5.26 Å². The molecule has 160 valence electrons. The monoisotopic (exact) mass is 534 g/mol. The molecule has 2 atom stereocenters. The summed E-state index contributed by atoms with van der Waals surface area (Å²) in [6.45, 7) is -2.13. The third-order valence-electron chi connectivity index (χ3n) is 4.89. The molecule has 0 radical (unpaired) electrons. The second kappa shape index (κ2) is 8.20. The molecule has 30 heavy (non-hydrogen) atoms. The van der Waals surface area contributed by atoms with Gasteiger partial charge in [-0.2, -0.15) is 9.57 Å². The zero-order valence-electron chi connectivity index (χ0n) is 15.2. The molecule has 3 rings (SSSR count). The number of sulfonamides is 1. The van der Waals surface area contributed by atoms with Crippen molar-refractivity contribution in [2.75, 3.05) is 19.7 Å². The first-order valence-corrected chi connectivity index (χ1v) is 12.6. The van der Waals surface area contributed by atoms with Gasteiger partial charge in [0.15, 0.2) is 9.84 Å². The molecule has 0 aliphatic carbocycles. The number of nitriles is 1.